The lowest BCUT2D eigenvalue weighted by molar-refractivity contribution is -0.335. The van der Waals surface area contributed by atoms with Crippen LogP contribution in [0.15, 0.2) is 0 Å². The molecular formula is C6H12N2O4. The molecule has 0 spiro atoms. The second-order valence-electron chi connectivity index (χ2n) is 1.76. The fourth-order valence-corrected chi connectivity index (χ4v) is 0.479. The van der Waals surface area contributed by atoms with E-state index in [1.54, 1.807) is 13.8 Å². The zero-order valence-corrected chi connectivity index (χ0v) is 7.07. The van der Waals surface area contributed by atoms with Crippen LogP contribution in [0.5, 0.6) is 0 Å². The van der Waals surface area contributed by atoms with Gasteiger partial charge in [0.25, 0.3) is 0 Å². The molecule has 0 aromatic carbocycles. The Kier molecular flexibility index (Phi) is 4.98. The summed E-state index contributed by atoms with van der Waals surface area (Å²) in [6.07, 6.45) is 0. The summed E-state index contributed by atoms with van der Waals surface area (Å²) >= 11 is 0. The summed E-state index contributed by atoms with van der Waals surface area (Å²) in [6.45, 7) is 3.75. The lowest BCUT2D eigenvalue weighted by Crippen LogP contribution is -2.40. The Morgan fingerprint density at radius 3 is 1.92 bits per heavy atom. The maximum absolute atomic E-state index is 10.8. The molecule has 0 rings (SSSR count). The SMILES string of the molecule is CCON(OCC)C(=O)C(N)=O. The van der Waals surface area contributed by atoms with Crippen LogP contribution in [0.4, 0.5) is 0 Å². The van der Waals surface area contributed by atoms with Crippen LogP contribution in [0.3, 0.4) is 0 Å². The third-order valence-corrected chi connectivity index (χ3v) is 0.869. The van der Waals surface area contributed by atoms with Crippen LogP contribution in [-0.2, 0) is 19.3 Å². The molecule has 0 aliphatic carbocycles. The molecule has 70 valence electrons. The van der Waals surface area contributed by atoms with Gasteiger partial charge in [-0.05, 0) is 13.8 Å². The van der Waals surface area contributed by atoms with Crippen molar-refractivity contribution < 1.29 is 19.3 Å². The van der Waals surface area contributed by atoms with E-state index in [-0.39, 0.29) is 13.2 Å². The van der Waals surface area contributed by atoms with Crippen molar-refractivity contribution in [2.24, 2.45) is 5.73 Å². The molecule has 2 N–H and O–H groups in total. The third kappa shape index (κ3) is 3.31. The highest BCUT2D eigenvalue weighted by molar-refractivity contribution is 6.33. The first-order chi connectivity index (χ1) is 5.63. The summed E-state index contributed by atoms with van der Waals surface area (Å²) < 4.78 is 0. The van der Waals surface area contributed by atoms with Crippen LogP contribution in [-0.4, -0.2) is 30.3 Å². The van der Waals surface area contributed by atoms with Crippen molar-refractivity contribution in [3.8, 4) is 0 Å². The number of amides is 2. The van der Waals surface area contributed by atoms with Gasteiger partial charge < -0.3 is 5.73 Å². The minimum atomic E-state index is -1.11. The molecule has 0 aliphatic heterocycles. The second-order valence-corrected chi connectivity index (χ2v) is 1.76. The van der Waals surface area contributed by atoms with Gasteiger partial charge in [0.2, 0.25) is 0 Å². The molecule has 0 radical (unpaired) electrons. The Balaban J connectivity index is 4.08. The van der Waals surface area contributed by atoms with Gasteiger partial charge in [0.15, 0.2) is 0 Å². The number of primary amides is 1. The molecule has 0 heterocycles. The number of hydrogen-bond acceptors (Lipinski definition) is 4. The maximum atomic E-state index is 10.8. The van der Waals surface area contributed by atoms with Gasteiger partial charge in [-0.25, -0.2) is 9.68 Å². The van der Waals surface area contributed by atoms with Crippen molar-refractivity contribution in [2.75, 3.05) is 13.2 Å². The molecule has 0 atom stereocenters. The highest BCUT2D eigenvalue weighted by atomic mass is 17.0. The van der Waals surface area contributed by atoms with Crippen LogP contribution in [0.25, 0.3) is 0 Å². The second kappa shape index (κ2) is 5.50. The molecule has 0 fully saturated rings. The van der Waals surface area contributed by atoms with Crippen LogP contribution >= 0.6 is 0 Å². The average Bonchev–Trinajstić information content (AvgIpc) is 2.03. The number of rotatable bonds is 4. The summed E-state index contributed by atoms with van der Waals surface area (Å²) in [5.41, 5.74) is 4.71. The summed E-state index contributed by atoms with van der Waals surface area (Å²) in [7, 11) is 0. The molecule has 2 amide bonds. The third-order valence-electron chi connectivity index (χ3n) is 0.869. The Hall–Kier alpha value is -1.14. The van der Waals surface area contributed by atoms with Gasteiger partial charge in [0.05, 0.1) is 13.2 Å². The van der Waals surface area contributed by atoms with Gasteiger partial charge in [0, 0.05) is 0 Å². The maximum Gasteiger partial charge on any atom is 0.360 e. The number of carbonyl (C=O) groups is 2. The van der Waals surface area contributed by atoms with Gasteiger partial charge in [-0.1, -0.05) is 5.23 Å². The minimum Gasteiger partial charge on any atom is -0.361 e. The van der Waals surface area contributed by atoms with Crippen LogP contribution in [0, 0.1) is 0 Å². The number of hydrogen-bond donors (Lipinski definition) is 1. The Labute approximate surface area is 70.1 Å². The van der Waals surface area contributed by atoms with Crippen molar-refractivity contribution >= 4 is 11.8 Å². The highest BCUT2D eigenvalue weighted by Gasteiger charge is 2.20. The molecular weight excluding hydrogens is 164 g/mol. The first-order valence-electron chi connectivity index (χ1n) is 3.53. The Bertz CT molecular complexity index is 165. The van der Waals surface area contributed by atoms with E-state index in [0.717, 1.165) is 0 Å². The van der Waals surface area contributed by atoms with E-state index in [1.807, 2.05) is 0 Å². The predicted molar refractivity (Wildman–Crippen MR) is 39.3 cm³/mol. The molecule has 6 nitrogen and oxygen atoms in total. The van der Waals surface area contributed by atoms with Crippen LogP contribution < -0.4 is 5.73 Å². The van der Waals surface area contributed by atoms with Crippen molar-refractivity contribution in [1.82, 2.24) is 5.23 Å². The summed E-state index contributed by atoms with van der Waals surface area (Å²) in [6, 6.07) is 0. The van der Waals surface area contributed by atoms with E-state index in [0.29, 0.717) is 5.23 Å². The van der Waals surface area contributed by atoms with Crippen molar-refractivity contribution in [2.45, 2.75) is 13.8 Å². The lowest BCUT2D eigenvalue weighted by atomic mass is 10.6. The first kappa shape index (κ1) is 10.9. The summed E-state index contributed by atoms with van der Waals surface area (Å²) in [4.78, 5) is 30.5. The quantitative estimate of drug-likeness (QED) is 0.449. The van der Waals surface area contributed by atoms with E-state index in [1.165, 1.54) is 0 Å². The molecule has 0 aromatic heterocycles. The number of nitrogens with zero attached hydrogens (tertiary/aromatic N) is 1. The molecule has 6 heteroatoms. The van der Waals surface area contributed by atoms with Gasteiger partial charge in [-0.15, -0.1) is 0 Å². The molecule has 0 aromatic rings. The zero-order chi connectivity index (χ0) is 9.56. The molecule has 0 saturated heterocycles. The molecule has 0 aliphatic rings. The normalized spacial score (nSPS) is 9.50. The predicted octanol–water partition coefficient (Wildman–Crippen LogP) is -0.797. The van der Waals surface area contributed by atoms with E-state index in [9.17, 15) is 9.59 Å². The minimum absolute atomic E-state index is 0.221. The lowest BCUT2D eigenvalue weighted by Gasteiger charge is -2.16. The van der Waals surface area contributed by atoms with Crippen molar-refractivity contribution in [1.29, 1.82) is 0 Å². The van der Waals surface area contributed by atoms with Gasteiger partial charge in [0.1, 0.15) is 0 Å². The standard InChI is InChI=1S/C6H12N2O4/c1-3-11-8(12-4-2)6(10)5(7)9/h3-4H2,1-2H3,(H2,7,9). The summed E-state index contributed by atoms with van der Waals surface area (Å²) in [5, 5.41) is 0.488. The Morgan fingerprint density at radius 1 is 1.25 bits per heavy atom. The fourth-order valence-electron chi connectivity index (χ4n) is 0.479. The monoisotopic (exact) mass is 176 g/mol. The van der Waals surface area contributed by atoms with Gasteiger partial charge in [-0.2, -0.15) is 0 Å². The van der Waals surface area contributed by atoms with Gasteiger partial charge in [-0.3, -0.25) is 9.59 Å². The van der Waals surface area contributed by atoms with E-state index in [2.05, 4.69) is 9.68 Å². The van der Waals surface area contributed by atoms with E-state index >= 15 is 0 Å². The average molecular weight is 176 g/mol. The first-order valence-corrected chi connectivity index (χ1v) is 3.53. The smallest absolute Gasteiger partial charge is 0.360 e. The topological polar surface area (TPSA) is 81.9 Å². The van der Waals surface area contributed by atoms with Crippen LogP contribution in [0.2, 0.25) is 0 Å². The molecule has 12 heavy (non-hydrogen) atoms. The molecule has 0 unspecified atom stereocenters. The molecule has 0 bridgehead atoms. The number of nitrogens with two attached hydrogens (primary N) is 1. The number of hydroxylamine groups is 2. The molecule has 0 saturated carbocycles. The summed E-state index contributed by atoms with van der Waals surface area (Å²) in [5.74, 6) is -2.13. The Morgan fingerprint density at radius 2 is 1.67 bits per heavy atom. The van der Waals surface area contributed by atoms with Crippen molar-refractivity contribution in [3.05, 3.63) is 0 Å². The van der Waals surface area contributed by atoms with Crippen molar-refractivity contribution in [3.63, 3.8) is 0 Å². The fraction of sp³-hybridized carbons (Fsp3) is 0.667. The number of carbonyl (C=O) groups excluding carboxylic acids is 2. The van der Waals surface area contributed by atoms with E-state index in [4.69, 9.17) is 5.73 Å². The zero-order valence-electron chi connectivity index (χ0n) is 7.07. The van der Waals surface area contributed by atoms with Crippen LogP contribution in [0.1, 0.15) is 13.8 Å². The van der Waals surface area contributed by atoms with E-state index < -0.39 is 11.8 Å². The van der Waals surface area contributed by atoms with Gasteiger partial charge >= 0.3 is 11.8 Å². The largest absolute Gasteiger partial charge is 0.361 e. The highest BCUT2D eigenvalue weighted by Crippen LogP contribution is 1.92.